The molecule has 0 fully saturated rings. The van der Waals surface area contributed by atoms with E-state index in [1.54, 1.807) is 48.8 Å². The lowest BCUT2D eigenvalue weighted by Gasteiger charge is -2.32. The average molecular weight is 570 g/mol. The minimum Gasteiger partial charge on any atom is -0.493 e. The van der Waals surface area contributed by atoms with E-state index < -0.39 is 11.9 Å². The van der Waals surface area contributed by atoms with E-state index in [-0.39, 0.29) is 25.7 Å². The van der Waals surface area contributed by atoms with Crippen molar-refractivity contribution in [2.24, 2.45) is 0 Å². The predicted molar refractivity (Wildman–Crippen MR) is 155 cm³/mol. The second-order valence-electron chi connectivity index (χ2n) is 9.46. The highest BCUT2D eigenvalue weighted by Crippen LogP contribution is 2.42. The number of fused-ring (bicyclic) bond motifs is 1. The second-order valence-corrected chi connectivity index (χ2v) is 9.46. The van der Waals surface area contributed by atoms with Crippen LogP contribution >= 0.6 is 0 Å². The maximum atomic E-state index is 14.2. The summed E-state index contributed by atoms with van der Waals surface area (Å²) in [5.74, 6) is 1.47. The van der Waals surface area contributed by atoms with E-state index in [0.717, 1.165) is 11.1 Å². The van der Waals surface area contributed by atoms with Crippen LogP contribution in [-0.2, 0) is 22.6 Å². The number of aromatic nitrogens is 1. The van der Waals surface area contributed by atoms with E-state index in [1.165, 1.54) is 26.2 Å². The number of rotatable bonds is 11. The van der Waals surface area contributed by atoms with Crippen LogP contribution in [0.2, 0.25) is 0 Å². The van der Waals surface area contributed by atoms with Crippen molar-refractivity contribution < 1.29 is 33.3 Å². The van der Waals surface area contributed by atoms with E-state index in [2.05, 4.69) is 10.3 Å². The Balaban J connectivity index is 1.60. The number of benzene rings is 3. The van der Waals surface area contributed by atoms with Crippen molar-refractivity contribution in [3.63, 3.8) is 0 Å². The summed E-state index contributed by atoms with van der Waals surface area (Å²) in [6, 6.07) is 20.4. The molecule has 1 aromatic heterocycles. The van der Waals surface area contributed by atoms with Gasteiger partial charge in [0.25, 0.3) is 5.91 Å². The molecule has 0 saturated heterocycles. The average Bonchev–Trinajstić information content (AvgIpc) is 3.49. The molecule has 3 aromatic carbocycles. The molecule has 1 unspecified atom stereocenters. The lowest BCUT2D eigenvalue weighted by Crippen LogP contribution is -2.41. The molecule has 216 valence electrons. The molecule has 4 aromatic rings. The summed E-state index contributed by atoms with van der Waals surface area (Å²) in [6.07, 6.45) is 3.41. The standard InChI is InChI=1S/C32H31N3O7/c1-38-27-15-23(16-28(39-2)31(27)40-3)30(32(37)34-24-11-12-25-26(17-24)42-20-41-25)35(19-22-10-7-13-33-18-22)29(36)14-21-8-5-4-6-9-21/h4-13,15-18,30H,14,19-20H2,1-3H3,(H,34,37). The van der Waals surface area contributed by atoms with Crippen LogP contribution in [0.25, 0.3) is 0 Å². The molecule has 0 spiro atoms. The van der Waals surface area contributed by atoms with E-state index in [4.69, 9.17) is 23.7 Å². The maximum absolute atomic E-state index is 14.2. The molecule has 0 aliphatic carbocycles. The third kappa shape index (κ3) is 6.22. The quantitative estimate of drug-likeness (QED) is 0.275. The van der Waals surface area contributed by atoms with Crippen molar-refractivity contribution in [3.8, 4) is 28.7 Å². The fourth-order valence-electron chi connectivity index (χ4n) is 4.80. The number of nitrogens with zero attached hydrogens (tertiary/aromatic N) is 2. The van der Waals surface area contributed by atoms with Crippen LogP contribution < -0.4 is 29.0 Å². The number of amides is 2. The molecule has 1 aliphatic heterocycles. The van der Waals surface area contributed by atoms with Crippen LogP contribution in [0.5, 0.6) is 28.7 Å². The highest BCUT2D eigenvalue weighted by Gasteiger charge is 2.34. The van der Waals surface area contributed by atoms with Gasteiger partial charge in [-0.05, 0) is 47.0 Å². The first-order chi connectivity index (χ1) is 20.5. The fourth-order valence-corrected chi connectivity index (χ4v) is 4.80. The number of hydrogen-bond acceptors (Lipinski definition) is 8. The number of ether oxygens (including phenoxy) is 5. The predicted octanol–water partition coefficient (Wildman–Crippen LogP) is 4.79. The highest BCUT2D eigenvalue weighted by atomic mass is 16.7. The summed E-state index contributed by atoms with van der Waals surface area (Å²) in [5, 5.41) is 2.96. The van der Waals surface area contributed by atoms with Crippen LogP contribution in [0.15, 0.2) is 85.2 Å². The molecule has 1 atom stereocenters. The summed E-state index contributed by atoms with van der Waals surface area (Å²) in [4.78, 5) is 34.1. The largest absolute Gasteiger partial charge is 0.493 e. The van der Waals surface area contributed by atoms with Gasteiger partial charge in [0.2, 0.25) is 18.4 Å². The Labute approximate surface area is 243 Å². The SMILES string of the molecule is COc1cc(C(C(=O)Nc2ccc3c(c2)OCO3)N(Cc2cccnc2)C(=O)Cc2ccccc2)cc(OC)c1OC. The third-order valence-electron chi connectivity index (χ3n) is 6.80. The van der Waals surface area contributed by atoms with Gasteiger partial charge in [0.05, 0.1) is 27.8 Å². The summed E-state index contributed by atoms with van der Waals surface area (Å²) in [7, 11) is 4.50. The summed E-state index contributed by atoms with van der Waals surface area (Å²) < 4.78 is 27.6. The van der Waals surface area contributed by atoms with Gasteiger partial charge >= 0.3 is 0 Å². The zero-order valence-electron chi connectivity index (χ0n) is 23.5. The number of methoxy groups -OCH3 is 3. The summed E-state index contributed by atoms with van der Waals surface area (Å²) in [6.45, 7) is 0.225. The first-order valence-electron chi connectivity index (χ1n) is 13.2. The number of pyridine rings is 1. The normalized spacial score (nSPS) is 12.3. The molecule has 2 heterocycles. The summed E-state index contributed by atoms with van der Waals surface area (Å²) in [5.41, 5.74) is 2.53. The number of nitrogens with one attached hydrogen (secondary N) is 1. The van der Waals surface area contributed by atoms with Gasteiger partial charge in [-0.3, -0.25) is 14.6 Å². The number of carbonyl (C=O) groups excluding carboxylic acids is 2. The van der Waals surface area contributed by atoms with Crippen LogP contribution in [0.3, 0.4) is 0 Å². The third-order valence-corrected chi connectivity index (χ3v) is 6.80. The lowest BCUT2D eigenvalue weighted by atomic mass is 10.00. The van der Waals surface area contributed by atoms with Gasteiger partial charge in [0.1, 0.15) is 6.04 Å². The van der Waals surface area contributed by atoms with Gasteiger partial charge < -0.3 is 33.9 Å². The monoisotopic (exact) mass is 569 g/mol. The molecule has 0 saturated carbocycles. The molecule has 0 radical (unpaired) electrons. The first kappa shape index (κ1) is 28.3. The van der Waals surface area contributed by atoms with Gasteiger partial charge in [0, 0.05) is 30.7 Å². The Kier molecular flexibility index (Phi) is 8.72. The smallest absolute Gasteiger partial charge is 0.251 e. The molecule has 10 heteroatoms. The van der Waals surface area contributed by atoms with Crippen LogP contribution in [-0.4, -0.2) is 49.8 Å². The molecular weight excluding hydrogens is 538 g/mol. The van der Waals surface area contributed by atoms with Gasteiger partial charge in [-0.25, -0.2) is 0 Å². The zero-order valence-corrected chi connectivity index (χ0v) is 23.5. The Morgan fingerprint density at radius 2 is 1.60 bits per heavy atom. The minimum absolute atomic E-state index is 0.0827. The van der Waals surface area contributed by atoms with Crippen LogP contribution in [0.4, 0.5) is 5.69 Å². The Morgan fingerprint density at radius 1 is 0.881 bits per heavy atom. The second kappa shape index (κ2) is 12.9. The van der Waals surface area contributed by atoms with Crippen LogP contribution in [0, 0.1) is 0 Å². The zero-order chi connectivity index (χ0) is 29.5. The number of carbonyl (C=O) groups is 2. The maximum Gasteiger partial charge on any atom is 0.251 e. The van der Waals surface area contributed by atoms with Gasteiger partial charge in [-0.15, -0.1) is 0 Å². The molecule has 1 aliphatic rings. The molecule has 1 N–H and O–H groups in total. The Hall–Kier alpha value is -5.25. The van der Waals surface area contributed by atoms with Crippen molar-refractivity contribution in [2.45, 2.75) is 19.0 Å². The van der Waals surface area contributed by atoms with Crippen molar-refractivity contribution in [1.82, 2.24) is 9.88 Å². The van der Waals surface area contributed by atoms with Gasteiger partial charge in [0.15, 0.2) is 23.0 Å². The number of anilines is 1. The van der Waals surface area contributed by atoms with Crippen molar-refractivity contribution in [2.75, 3.05) is 33.4 Å². The first-order valence-corrected chi connectivity index (χ1v) is 13.2. The van der Waals surface area contributed by atoms with Crippen molar-refractivity contribution in [3.05, 3.63) is 102 Å². The molecule has 0 bridgehead atoms. The minimum atomic E-state index is -1.10. The van der Waals surface area contributed by atoms with E-state index in [0.29, 0.717) is 40.0 Å². The Morgan fingerprint density at radius 3 is 2.26 bits per heavy atom. The highest BCUT2D eigenvalue weighted by molar-refractivity contribution is 5.98. The lowest BCUT2D eigenvalue weighted by molar-refractivity contribution is -0.139. The molecule has 10 nitrogen and oxygen atoms in total. The van der Waals surface area contributed by atoms with Gasteiger partial charge in [-0.2, -0.15) is 0 Å². The topological polar surface area (TPSA) is 108 Å². The molecule has 2 amide bonds. The van der Waals surface area contributed by atoms with Crippen molar-refractivity contribution in [1.29, 1.82) is 0 Å². The van der Waals surface area contributed by atoms with E-state index >= 15 is 0 Å². The van der Waals surface area contributed by atoms with E-state index in [9.17, 15) is 9.59 Å². The van der Waals surface area contributed by atoms with Crippen molar-refractivity contribution >= 4 is 17.5 Å². The van der Waals surface area contributed by atoms with E-state index in [1.807, 2.05) is 36.4 Å². The van der Waals surface area contributed by atoms with Gasteiger partial charge in [-0.1, -0.05) is 36.4 Å². The summed E-state index contributed by atoms with van der Waals surface area (Å²) >= 11 is 0. The molecule has 5 rings (SSSR count). The Bertz CT molecular complexity index is 1520. The number of hydrogen-bond donors (Lipinski definition) is 1. The fraction of sp³-hybridized carbons (Fsp3) is 0.219. The van der Waals surface area contributed by atoms with Crippen LogP contribution in [0.1, 0.15) is 22.7 Å². The molecule has 42 heavy (non-hydrogen) atoms. The molecular formula is C32H31N3O7.